The molecule has 0 amide bonds. The van der Waals surface area contributed by atoms with Crippen LogP contribution in [-0.4, -0.2) is 10.1 Å². The van der Waals surface area contributed by atoms with E-state index in [1.807, 2.05) is 24.3 Å². The van der Waals surface area contributed by atoms with Crippen LogP contribution in [0.1, 0.15) is 11.1 Å². The molecule has 1 N–H and O–H groups in total. The fourth-order valence-corrected chi connectivity index (χ4v) is 1.90. The molecule has 0 saturated heterocycles. The van der Waals surface area contributed by atoms with Crippen molar-refractivity contribution in [2.75, 3.05) is 0 Å². The fraction of sp³-hybridized carbons (Fsp3) is 0.154. The second-order valence-corrected chi connectivity index (χ2v) is 4.46. The molecular formula is C13H12BrNO2. The third kappa shape index (κ3) is 3.28. The van der Waals surface area contributed by atoms with Crippen molar-refractivity contribution in [1.82, 2.24) is 4.98 Å². The highest BCUT2D eigenvalue weighted by atomic mass is 79.9. The van der Waals surface area contributed by atoms with Crippen LogP contribution in [0, 0.1) is 0 Å². The number of aliphatic hydroxyl groups excluding tert-OH is 1. The molecule has 3 nitrogen and oxygen atoms in total. The Hall–Kier alpha value is -1.39. The summed E-state index contributed by atoms with van der Waals surface area (Å²) < 4.78 is 6.59. The van der Waals surface area contributed by atoms with Crippen molar-refractivity contribution < 1.29 is 9.84 Å². The van der Waals surface area contributed by atoms with E-state index < -0.39 is 0 Å². The Morgan fingerprint density at radius 1 is 1.24 bits per heavy atom. The molecule has 17 heavy (non-hydrogen) atoms. The molecule has 0 unspecified atom stereocenters. The second-order valence-electron chi connectivity index (χ2n) is 3.54. The SMILES string of the molecule is OCc1cccnc1OCc1cccc(Br)c1. The smallest absolute Gasteiger partial charge is 0.219 e. The number of ether oxygens (including phenoxy) is 1. The number of rotatable bonds is 4. The van der Waals surface area contributed by atoms with Gasteiger partial charge < -0.3 is 9.84 Å². The van der Waals surface area contributed by atoms with Gasteiger partial charge in [0.25, 0.3) is 0 Å². The molecule has 0 spiro atoms. The highest BCUT2D eigenvalue weighted by molar-refractivity contribution is 9.10. The van der Waals surface area contributed by atoms with E-state index >= 15 is 0 Å². The zero-order valence-corrected chi connectivity index (χ0v) is 10.7. The van der Waals surface area contributed by atoms with Gasteiger partial charge in [-0.05, 0) is 29.8 Å². The molecule has 0 bridgehead atoms. The number of hydrogen-bond acceptors (Lipinski definition) is 3. The lowest BCUT2D eigenvalue weighted by Crippen LogP contribution is -2.00. The third-order valence-corrected chi connectivity index (χ3v) is 2.78. The monoisotopic (exact) mass is 293 g/mol. The van der Waals surface area contributed by atoms with E-state index in [2.05, 4.69) is 20.9 Å². The van der Waals surface area contributed by atoms with Gasteiger partial charge in [0.05, 0.1) is 6.61 Å². The normalized spacial score (nSPS) is 10.2. The van der Waals surface area contributed by atoms with E-state index in [1.54, 1.807) is 18.3 Å². The van der Waals surface area contributed by atoms with Crippen molar-refractivity contribution in [3.8, 4) is 5.88 Å². The summed E-state index contributed by atoms with van der Waals surface area (Å²) in [5.74, 6) is 0.481. The van der Waals surface area contributed by atoms with Crippen LogP contribution in [0.15, 0.2) is 47.1 Å². The molecule has 1 aromatic heterocycles. The van der Waals surface area contributed by atoms with E-state index in [4.69, 9.17) is 9.84 Å². The Balaban J connectivity index is 2.07. The van der Waals surface area contributed by atoms with Crippen LogP contribution in [0.25, 0.3) is 0 Å². The predicted molar refractivity (Wildman–Crippen MR) is 68.6 cm³/mol. The number of benzene rings is 1. The second kappa shape index (κ2) is 5.80. The van der Waals surface area contributed by atoms with Crippen molar-refractivity contribution in [2.24, 2.45) is 0 Å². The Morgan fingerprint density at radius 2 is 2.12 bits per heavy atom. The van der Waals surface area contributed by atoms with Gasteiger partial charge >= 0.3 is 0 Å². The standard InChI is InChI=1S/C13H12BrNO2/c14-12-5-1-3-10(7-12)9-17-13-11(8-16)4-2-6-15-13/h1-7,16H,8-9H2. The maximum atomic E-state index is 9.13. The summed E-state index contributed by atoms with van der Waals surface area (Å²) in [5.41, 5.74) is 1.75. The van der Waals surface area contributed by atoms with E-state index in [0.29, 0.717) is 18.1 Å². The number of hydrogen-bond donors (Lipinski definition) is 1. The molecule has 1 aromatic carbocycles. The average molecular weight is 294 g/mol. The van der Waals surface area contributed by atoms with Crippen molar-refractivity contribution in [2.45, 2.75) is 13.2 Å². The van der Waals surface area contributed by atoms with Crippen molar-refractivity contribution in [3.63, 3.8) is 0 Å². The summed E-state index contributed by atoms with van der Waals surface area (Å²) >= 11 is 3.41. The summed E-state index contributed by atoms with van der Waals surface area (Å²) in [6, 6.07) is 11.5. The average Bonchev–Trinajstić information content (AvgIpc) is 2.37. The van der Waals surface area contributed by atoms with Crippen molar-refractivity contribution in [3.05, 3.63) is 58.2 Å². The summed E-state index contributed by atoms with van der Waals surface area (Å²) in [7, 11) is 0. The molecule has 0 atom stereocenters. The molecule has 0 aliphatic rings. The Morgan fingerprint density at radius 3 is 2.88 bits per heavy atom. The highest BCUT2D eigenvalue weighted by Crippen LogP contribution is 2.17. The van der Waals surface area contributed by atoms with Crippen LogP contribution < -0.4 is 4.74 Å². The Labute approximate surface area is 108 Å². The number of nitrogens with zero attached hydrogens (tertiary/aromatic N) is 1. The number of aromatic nitrogens is 1. The molecule has 2 aromatic rings. The molecule has 2 rings (SSSR count). The molecule has 0 aliphatic carbocycles. The highest BCUT2D eigenvalue weighted by Gasteiger charge is 2.03. The topological polar surface area (TPSA) is 42.4 Å². The summed E-state index contributed by atoms with van der Waals surface area (Å²) in [6.07, 6.45) is 1.65. The number of pyridine rings is 1. The molecular weight excluding hydrogens is 282 g/mol. The van der Waals surface area contributed by atoms with Gasteiger partial charge in [-0.3, -0.25) is 0 Å². The van der Waals surface area contributed by atoms with Gasteiger partial charge in [-0.15, -0.1) is 0 Å². The van der Waals surface area contributed by atoms with Gasteiger partial charge in [-0.1, -0.05) is 28.1 Å². The molecule has 88 valence electrons. The van der Waals surface area contributed by atoms with Gasteiger partial charge in [0.15, 0.2) is 0 Å². The van der Waals surface area contributed by atoms with Crippen LogP contribution in [0.3, 0.4) is 0 Å². The minimum Gasteiger partial charge on any atom is -0.473 e. The van der Waals surface area contributed by atoms with Crippen LogP contribution in [-0.2, 0) is 13.2 Å². The first kappa shape index (κ1) is 12.1. The van der Waals surface area contributed by atoms with Gasteiger partial charge in [0, 0.05) is 16.2 Å². The Kier molecular flexibility index (Phi) is 4.12. The maximum absolute atomic E-state index is 9.13. The fourth-order valence-electron chi connectivity index (χ4n) is 1.45. The number of halogens is 1. The quantitative estimate of drug-likeness (QED) is 0.942. The molecule has 0 saturated carbocycles. The van der Waals surface area contributed by atoms with Gasteiger partial charge in [0.1, 0.15) is 6.61 Å². The summed E-state index contributed by atoms with van der Waals surface area (Å²) in [5, 5.41) is 9.13. The van der Waals surface area contributed by atoms with E-state index in [1.165, 1.54) is 0 Å². The van der Waals surface area contributed by atoms with Crippen LogP contribution in [0.5, 0.6) is 5.88 Å². The van der Waals surface area contributed by atoms with Gasteiger partial charge in [-0.25, -0.2) is 4.98 Å². The van der Waals surface area contributed by atoms with E-state index in [9.17, 15) is 0 Å². The first-order valence-electron chi connectivity index (χ1n) is 5.21. The zero-order valence-electron chi connectivity index (χ0n) is 9.14. The summed E-state index contributed by atoms with van der Waals surface area (Å²) in [6.45, 7) is 0.366. The molecule has 4 heteroatoms. The van der Waals surface area contributed by atoms with Crippen LogP contribution in [0.2, 0.25) is 0 Å². The van der Waals surface area contributed by atoms with Crippen LogP contribution in [0.4, 0.5) is 0 Å². The molecule has 0 fully saturated rings. The third-order valence-electron chi connectivity index (χ3n) is 2.28. The first-order valence-corrected chi connectivity index (χ1v) is 6.01. The van der Waals surface area contributed by atoms with Gasteiger partial charge in [0.2, 0.25) is 5.88 Å². The zero-order chi connectivity index (χ0) is 12.1. The van der Waals surface area contributed by atoms with E-state index in [0.717, 1.165) is 10.0 Å². The van der Waals surface area contributed by atoms with Crippen molar-refractivity contribution >= 4 is 15.9 Å². The minimum absolute atomic E-state index is 0.0678. The first-order chi connectivity index (χ1) is 8.29. The number of aliphatic hydroxyl groups is 1. The lowest BCUT2D eigenvalue weighted by molar-refractivity contribution is 0.252. The lowest BCUT2D eigenvalue weighted by Gasteiger charge is -2.08. The molecule has 0 aliphatic heterocycles. The lowest BCUT2D eigenvalue weighted by atomic mass is 10.2. The maximum Gasteiger partial charge on any atom is 0.219 e. The predicted octanol–water partition coefficient (Wildman–Crippen LogP) is 2.92. The van der Waals surface area contributed by atoms with Crippen LogP contribution >= 0.6 is 15.9 Å². The summed E-state index contributed by atoms with van der Waals surface area (Å²) in [4.78, 5) is 4.09. The molecule has 1 heterocycles. The minimum atomic E-state index is -0.0678. The molecule has 0 radical (unpaired) electrons. The van der Waals surface area contributed by atoms with Crippen molar-refractivity contribution in [1.29, 1.82) is 0 Å². The van der Waals surface area contributed by atoms with E-state index in [-0.39, 0.29) is 6.61 Å². The largest absolute Gasteiger partial charge is 0.473 e. The Bertz CT molecular complexity index is 502. The van der Waals surface area contributed by atoms with Gasteiger partial charge in [-0.2, -0.15) is 0 Å².